The topological polar surface area (TPSA) is 55.4 Å². The Morgan fingerprint density at radius 3 is 2.00 bits per heavy atom. The number of rotatable bonds is 4. The van der Waals surface area contributed by atoms with Gasteiger partial charge in [-0.25, -0.2) is 0 Å². The van der Waals surface area contributed by atoms with E-state index < -0.39 is 5.54 Å². The lowest BCUT2D eigenvalue weighted by atomic mass is 9.84. The van der Waals surface area contributed by atoms with Gasteiger partial charge < -0.3 is 10.1 Å². The zero-order chi connectivity index (χ0) is 18.1. The summed E-state index contributed by atoms with van der Waals surface area (Å²) < 4.78 is 5.26. The molecule has 0 heterocycles. The molecule has 4 nitrogen and oxygen atoms in total. The Balaban J connectivity index is 1.90. The number of nitrogens with one attached hydrogen (secondary N) is 1. The van der Waals surface area contributed by atoms with Crippen LogP contribution in [0.25, 0.3) is 0 Å². The van der Waals surface area contributed by atoms with Gasteiger partial charge in [0.05, 0.1) is 7.11 Å². The third-order valence-corrected chi connectivity index (χ3v) is 4.71. The Morgan fingerprint density at radius 1 is 0.769 bits per heavy atom. The van der Waals surface area contributed by atoms with Crippen LogP contribution >= 0.6 is 0 Å². The van der Waals surface area contributed by atoms with Crippen molar-refractivity contribution in [2.75, 3.05) is 12.4 Å². The summed E-state index contributed by atoms with van der Waals surface area (Å²) >= 11 is 0. The Labute approximate surface area is 151 Å². The van der Waals surface area contributed by atoms with Gasteiger partial charge in [0.15, 0.2) is 5.54 Å². The quantitative estimate of drug-likeness (QED) is 0.725. The number of fused-ring (bicyclic) bond motifs is 1. The van der Waals surface area contributed by atoms with Crippen LogP contribution in [0, 0.1) is 0 Å². The summed E-state index contributed by atoms with van der Waals surface area (Å²) in [7, 11) is 1.58. The van der Waals surface area contributed by atoms with E-state index in [2.05, 4.69) is 5.32 Å². The molecule has 0 fully saturated rings. The summed E-state index contributed by atoms with van der Waals surface area (Å²) in [5, 5.41) is 3.21. The fraction of sp³-hybridized carbons (Fsp3) is 0.0909. The van der Waals surface area contributed by atoms with E-state index >= 15 is 0 Å². The Kier molecular flexibility index (Phi) is 3.81. The minimum Gasteiger partial charge on any atom is -0.497 e. The number of benzene rings is 3. The molecule has 0 spiro atoms. The molecule has 26 heavy (non-hydrogen) atoms. The minimum absolute atomic E-state index is 0.243. The maximum atomic E-state index is 13.4. The lowest BCUT2D eigenvalue weighted by Crippen LogP contribution is -2.46. The van der Waals surface area contributed by atoms with Gasteiger partial charge in [-0.05, 0) is 17.7 Å². The zero-order valence-electron chi connectivity index (χ0n) is 14.2. The molecule has 0 radical (unpaired) electrons. The number of carbonyl (C=O) groups excluding carboxylic acids is 2. The number of anilines is 1. The predicted octanol–water partition coefficient (Wildman–Crippen LogP) is 4.08. The number of hydrogen-bond acceptors (Lipinski definition) is 4. The number of ketones is 2. The molecule has 0 aliphatic heterocycles. The van der Waals surface area contributed by atoms with Crippen LogP contribution in [0.1, 0.15) is 26.3 Å². The third-order valence-electron chi connectivity index (χ3n) is 4.71. The second kappa shape index (κ2) is 6.15. The van der Waals surface area contributed by atoms with Crippen molar-refractivity contribution in [2.24, 2.45) is 0 Å². The number of ether oxygens (including phenoxy) is 1. The van der Waals surface area contributed by atoms with Crippen LogP contribution in [0.15, 0.2) is 78.9 Å². The highest BCUT2D eigenvalue weighted by Crippen LogP contribution is 2.40. The molecular formula is C22H17NO3. The summed E-state index contributed by atoms with van der Waals surface area (Å²) in [4.78, 5) is 26.7. The number of Topliss-reactive ketones (excluding diaryl/α,β-unsaturated/α-hetero) is 2. The first-order valence-electron chi connectivity index (χ1n) is 8.33. The van der Waals surface area contributed by atoms with Crippen LogP contribution in [0.2, 0.25) is 0 Å². The van der Waals surface area contributed by atoms with Crippen molar-refractivity contribution < 1.29 is 14.3 Å². The lowest BCUT2D eigenvalue weighted by molar-refractivity contribution is 0.0819. The van der Waals surface area contributed by atoms with Gasteiger partial charge in [-0.15, -0.1) is 0 Å². The molecular weight excluding hydrogens is 326 g/mol. The van der Waals surface area contributed by atoms with E-state index in [9.17, 15) is 9.59 Å². The molecule has 1 N–H and O–H groups in total. The van der Waals surface area contributed by atoms with Gasteiger partial charge in [-0.1, -0.05) is 60.7 Å². The average Bonchev–Trinajstić information content (AvgIpc) is 2.92. The summed E-state index contributed by atoms with van der Waals surface area (Å²) in [5.41, 5.74) is 0.669. The fourth-order valence-corrected chi connectivity index (χ4v) is 3.44. The van der Waals surface area contributed by atoms with Crippen LogP contribution in [0.3, 0.4) is 0 Å². The molecule has 0 unspecified atom stereocenters. The van der Waals surface area contributed by atoms with E-state index in [0.29, 0.717) is 28.1 Å². The molecule has 0 atom stereocenters. The molecule has 128 valence electrons. The lowest BCUT2D eigenvalue weighted by Gasteiger charge is -2.29. The van der Waals surface area contributed by atoms with Crippen molar-refractivity contribution >= 4 is 17.3 Å². The minimum atomic E-state index is -1.47. The van der Waals surface area contributed by atoms with Crippen molar-refractivity contribution in [1.29, 1.82) is 0 Å². The maximum absolute atomic E-state index is 13.4. The van der Waals surface area contributed by atoms with E-state index in [1.165, 1.54) is 0 Å². The molecule has 0 saturated heterocycles. The predicted molar refractivity (Wildman–Crippen MR) is 99.8 cm³/mol. The normalized spacial score (nSPS) is 14.8. The SMILES string of the molecule is COc1cccc(NC2(c3ccccc3)C(=O)c3ccccc3C2=O)c1. The number of carbonyl (C=O) groups is 2. The summed E-state index contributed by atoms with van der Waals surface area (Å²) in [6, 6.07) is 23.3. The van der Waals surface area contributed by atoms with E-state index in [-0.39, 0.29) is 11.6 Å². The first-order chi connectivity index (χ1) is 12.7. The Morgan fingerprint density at radius 2 is 1.38 bits per heavy atom. The summed E-state index contributed by atoms with van der Waals surface area (Å²) in [6.07, 6.45) is 0. The van der Waals surface area contributed by atoms with Gasteiger partial charge in [-0.2, -0.15) is 0 Å². The van der Waals surface area contributed by atoms with Crippen molar-refractivity contribution in [3.63, 3.8) is 0 Å². The van der Waals surface area contributed by atoms with Crippen molar-refractivity contribution in [1.82, 2.24) is 0 Å². The molecule has 3 aromatic rings. The first-order valence-corrected chi connectivity index (χ1v) is 8.33. The monoisotopic (exact) mass is 343 g/mol. The third kappa shape index (κ3) is 2.30. The molecule has 0 saturated carbocycles. The number of hydrogen-bond donors (Lipinski definition) is 1. The number of methoxy groups -OCH3 is 1. The van der Waals surface area contributed by atoms with Crippen molar-refractivity contribution in [3.05, 3.63) is 95.6 Å². The Bertz CT molecular complexity index is 960. The molecule has 0 aromatic heterocycles. The molecule has 0 bridgehead atoms. The van der Waals surface area contributed by atoms with E-state index in [0.717, 1.165) is 0 Å². The standard InChI is InChI=1S/C22H17NO3/c1-26-17-11-7-10-16(14-17)23-22(15-8-3-2-4-9-15)20(24)18-12-5-6-13-19(18)21(22)25/h2-14,23H,1H3. The van der Waals surface area contributed by atoms with Crippen LogP contribution in [0.4, 0.5) is 5.69 Å². The smallest absolute Gasteiger partial charge is 0.201 e. The second-order valence-electron chi connectivity index (χ2n) is 6.18. The molecule has 0 amide bonds. The van der Waals surface area contributed by atoms with Crippen molar-refractivity contribution in [3.8, 4) is 5.75 Å². The average molecular weight is 343 g/mol. The molecule has 1 aliphatic rings. The van der Waals surface area contributed by atoms with Gasteiger partial charge in [0, 0.05) is 22.9 Å². The highest BCUT2D eigenvalue weighted by molar-refractivity contribution is 6.34. The van der Waals surface area contributed by atoms with Gasteiger partial charge in [0.1, 0.15) is 5.75 Å². The van der Waals surface area contributed by atoms with Gasteiger partial charge >= 0.3 is 0 Å². The first kappa shape index (κ1) is 16.1. The van der Waals surface area contributed by atoms with Crippen LogP contribution in [-0.4, -0.2) is 18.7 Å². The van der Waals surface area contributed by atoms with Crippen LogP contribution in [-0.2, 0) is 5.54 Å². The Hall–Kier alpha value is -3.40. The van der Waals surface area contributed by atoms with Gasteiger partial charge in [-0.3, -0.25) is 9.59 Å². The highest BCUT2D eigenvalue weighted by Gasteiger charge is 2.54. The van der Waals surface area contributed by atoms with Crippen LogP contribution in [0.5, 0.6) is 5.75 Å². The van der Waals surface area contributed by atoms with Gasteiger partial charge in [0.25, 0.3) is 0 Å². The van der Waals surface area contributed by atoms with E-state index in [4.69, 9.17) is 4.74 Å². The van der Waals surface area contributed by atoms with E-state index in [1.807, 2.05) is 36.4 Å². The second-order valence-corrected chi connectivity index (χ2v) is 6.18. The molecule has 3 aromatic carbocycles. The van der Waals surface area contributed by atoms with Gasteiger partial charge in [0.2, 0.25) is 11.6 Å². The molecule has 4 rings (SSSR count). The molecule has 4 heteroatoms. The highest BCUT2D eigenvalue weighted by atomic mass is 16.5. The van der Waals surface area contributed by atoms with Crippen molar-refractivity contribution in [2.45, 2.75) is 5.54 Å². The fourth-order valence-electron chi connectivity index (χ4n) is 3.44. The summed E-state index contributed by atoms with van der Waals surface area (Å²) in [6.45, 7) is 0. The largest absolute Gasteiger partial charge is 0.497 e. The maximum Gasteiger partial charge on any atom is 0.201 e. The van der Waals surface area contributed by atoms with Crippen LogP contribution < -0.4 is 10.1 Å². The zero-order valence-corrected chi connectivity index (χ0v) is 14.2. The summed E-state index contributed by atoms with van der Waals surface area (Å²) in [5.74, 6) is 0.160. The molecule has 1 aliphatic carbocycles. The van der Waals surface area contributed by atoms with E-state index in [1.54, 1.807) is 49.6 Å².